The van der Waals surface area contributed by atoms with Crippen LogP contribution in [0.25, 0.3) is 0 Å². The highest BCUT2D eigenvalue weighted by atomic mass is 79.9. The van der Waals surface area contributed by atoms with E-state index in [1.54, 1.807) is 12.1 Å². The molecule has 1 aromatic carbocycles. The summed E-state index contributed by atoms with van der Waals surface area (Å²) in [6.07, 6.45) is 1.52. The lowest BCUT2D eigenvalue weighted by atomic mass is 10.1. The van der Waals surface area contributed by atoms with Crippen molar-refractivity contribution in [3.63, 3.8) is 0 Å². The fourth-order valence-corrected chi connectivity index (χ4v) is 2.02. The SMILES string of the molecule is N#Cc1cc([N+](=O)[O-])ccc1NC(=O)c1cccnc1Br. The Kier molecular flexibility index (Phi) is 4.25. The van der Waals surface area contributed by atoms with Gasteiger partial charge in [-0.05, 0) is 34.1 Å². The highest BCUT2D eigenvalue weighted by Crippen LogP contribution is 2.23. The maximum Gasteiger partial charge on any atom is 0.270 e. The Hall–Kier alpha value is -2.79. The number of carbonyl (C=O) groups excluding carboxylic acids is 1. The lowest BCUT2D eigenvalue weighted by Gasteiger charge is -2.07. The number of pyridine rings is 1. The summed E-state index contributed by atoms with van der Waals surface area (Å²) in [7, 11) is 0. The molecule has 0 radical (unpaired) electrons. The maximum absolute atomic E-state index is 12.1. The minimum absolute atomic E-state index is 0.0116. The Morgan fingerprint density at radius 3 is 2.81 bits per heavy atom. The molecule has 0 spiro atoms. The summed E-state index contributed by atoms with van der Waals surface area (Å²) in [6, 6.07) is 8.61. The Morgan fingerprint density at radius 1 is 1.43 bits per heavy atom. The van der Waals surface area contributed by atoms with Gasteiger partial charge in [-0.3, -0.25) is 14.9 Å². The average Bonchev–Trinajstić information content (AvgIpc) is 2.47. The predicted octanol–water partition coefficient (Wildman–Crippen LogP) is 2.88. The molecule has 0 aliphatic heterocycles. The largest absolute Gasteiger partial charge is 0.321 e. The molecule has 1 amide bonds. The zero-order valence-corrected chi connectivity index (χ0v) is 12.0. The number of non-ortho nitro benzene ring substituents is 1. The van der Waals surface area contributed by atoms with Gasteiger partial charge in [0.2, 0.25) is 0 Å². The van der Waals surface area contributed by atoms with Gasteiger partial charge in [-0.25, -0.2) is 4.98 Å². The lowest BCUT2D eigenvalue weighted by Crippen LogP contribution is -2.14. The molecule has 1 N–H and O–H groups in total. The van der Waals surface area contributed by atoms with Crippen molar-refractivity contribution >= 4 is 33.2 Å². The fraction of sp³-hybridized carbons (Fsp3) is 0. The minimum Gasteiger partial charge on any atom is -0.321 e. The van der Waals surface area contributed by atoms with Crippen molar-refractivity contribution in [3.05, 3.63) is 62.4 Å². The van der Waals surface area contributed by atoms with Crippen LogP contribution in [-0.4, -0.2) is 15.8 Å². The number of rotatable bonds is 3. The second-order valence-corrected chi connectivity index (χ2v) is 4.65. The van der Waals surface area contributed by atoms with Gasteiger partial charge >= 0.3 is 0 Å². The summed E-state index contributed by atoms with van der Waals surface area (Å²) in [5.41, 5.74) is 0.285. The van der Waals surface area contributed by atoms with Crippen LogP contribution in [0.1, 0.15) is 15.9 Å². The number of benzene rings is 1. The summed E-state index contributed by atoms with van der Waals surface area (Å²) in [6.45, 7) is 0. The molecule has 0 aliphatic rings. The van der Waals surface area contributed by atoms with E-state index in [4.69, 9.17) is 5.26 Å². The third-order valence-corrected chi connectivity index (χ3v) is 3.22. The molecule has 21 heavy (non-hydrogen) atoms. The number of halogens is 1. The number of carbonyl (C=O) groups is 1. The number of anilines is 1. The van der Waals surface area contributed by atoms with Gasteiger partial charge in [-0.1, -0.05) is 0 Å². The van der Waals surface area contributed by atoms with E-state index in [1.165, 1.54) is 18.3 Å². The van der Waals surface area contributed by atoms with Crippen LogP contribution in [0, 0.1) is 21.4 Å². The molecule has 0 atom stereocenters. The molecule has 0 fully saturated rings. The van der Waals surface area contributed by atoms with E-state index in [1.807, 2.05) is 6.07 Å². The van der Waals surface area contributed by atoms with E-state index in [2.05, 4.69) is 26.2 Å². The number of hydrogen-bond donors (Lipinski definition) is 1. The Labute approximate surface area is 127 Å². The molecule has 1 aromatic heterocycles. The first kappa shape index (κ1) is 14.6. The van der Waals surface area contributed by atoms with Crippen LogP contribution in [0.3, 0.4) is 0 Å². The molecule has 7 nitrogen and oxygen atoms in total. The van der Waals surface area contributed by atoms with Crippen LogP contribution in [0.5, 0.6) is 0 Å². The van der Waals surface area contributed by atoms with Crippen molar-refractivity contribution in [1.82, 2.24) is 4.98 Å². The summed E-state index contributed by atoms with van der Waals surface area (Å²) in [4.78, 5) is 26.1. The summed E-state index contributed by atoms with van der Waals surface area (Å²) >= 11 is 3.15. The quantitative estimate of drug-likeness (QED) is 0.522. The van der Waals surface area contributed by atoms with Crippen molar-refractivity contribution in [3.8, 4) is 6.07 Å². The smallest absolute Gasteiger partial charge is 0.270 e. The van der Waals surface area contributed by atoms with Crippen LogP contribution in [-0.2, 0) is 0 Å². The van der Waals surface area contributed by atoms with E-state index in [0.717, 1.165) is 6.07 Å². The molecule has 2 aromatic rings. The monoisotopic (exact) mass is 346 g/mol. The van der Waals surface area contributed by atoms with E-state index < -0.39 is 10.8 Å². The van der Waals surface area contributed by atoms with Crippen molar-refractivity contribution in [2.45, 2.75) is 0 Å². The zero-order chi connectivity index (χ0) is 15.4. The highest BCUT2D eigenvalue weighted by molar-refractivity contribution is 9.10. The average molecular weight is 347 g/mol. The third kappa shape index (κ3) is 3.21. The Bertz CT molecular complexity index is 770. The van der Waals surface area contributed by atoms with Crippen LogP contribution < -0.4 is 5.32 Å². The second kappa shape index (κ2) is 6.11. The molecular formula is C13H7BrN4O3. The lowest BCUT2D eigenvalue weighted by molar-refractivity contribution is -0.384. The highest BCUT2D eigenvalue weighted by Gasteiger charge is 2.15. The normalized spacial score (nSPS) is 9.71. The Morgan fingerprint density at radius 2 is 2.19 bits per heavy atom. The molecule has 1 heterocycles. The molecule has 0 unspecified atom stereocenters. The van der Waals surface area contributed by atoms with E-state index in [0.29, 0.717) is 10.2 Å². The van der Waals surface area contributed by atoms with Gasteiger partial charge in [0, 0.05) is 18.3 Å². The zero-order valence-electron chi connectivity index (χ0n) is 10.4. The number of amides is 1. The van der Waals surface area contributed by atoms with E-state index in [9.17, 15) is 14.9 Å². The number of nitro groups is 1. The van der Waals surface area contributed by atoms with Crippen molar-refractivity contribution in [2.75, 3.05) is 5.32 Å². The van der Waals surface area contributed by atoms with Gasteiger partial charge in [0.25, 0.3) is 11.6 Å². The molecule has 8 heteroatoms. The van der Waals surface area contributed by atoms with E-state index in [-0.39, 0.29) is 16.9 Å². The Balaban J connectivity index is 2.32. The second-order valence-electron chi connectivity index (χ2n) is 3.89. The van der Waals surface area contributed by atoms with Gasteiger partial charge in [0.15, 0.2) is 0 Å². The van der Waals surface area contributed by atoms with Crippen LogP contribution in [0.4, 0.5) is 11.4 Å². The van der Waals surface area contributed by atoms with Crippen molar-refractivity contribution in [2.24, 2.45) is 0 Å². The number of aromatic nitrogens is 1. The first-order valence-electron chi connectivity index (χ1n) is 5.63. The predicted molar refractivity (Wildman–Crippen MR) is 77.7 cm³/mol. The number of nitrogens with zero attached hydrogens (tertiary/aromatic N) is 3. The van der Waals surface area contributed by atoms with Gasteiger partial charge in [-0.15, -0.1) is 0 Å². The van der Waals surface area contributed by atoms with Crippen molar-refractivity contribution in [1.29, 1.82) is 5.26 Å². The maximum atomic E-state index is 12.1. The molecule has 104 valence electrons. The number of nitriles is 1. The summed E-state index contributed by atoms with van der Waals surface area (Å²) in [5.74, 6) is -0.472. The van der Waals surface area contributed by atoms with Crippen molar-refractivity contribution < 1.29 is 9.72 Å². The topological polar surface area (TPSA) is 109 Å². The number of nitro benzene ring substituents is 1. The molecular weight excluding hydrogens is 340 g/mol. The number of hydrogen-bond acceptors (Lipinski definition) is 5. The molecule has 0 saturated carbocycles. The summed E-state index contributed by atoms with van der Waals surface area (Å²) < 4.78 is 0.364. The summed E-state index contributed by atoms with van der Waals surface area (Å²) in [5, 5.41) is 22.2. The third-order valence-electron chi connectivity index (χ3n) is 2.59. The van der Waals surface area contributed by atoms with Gasteiger partial charge in [0.05, 0.1) is 21.7 Å². The molecule has 0 saturated heterocycles. The van der Waals surface area contributed by atoms with Gasteiger partial charge < -0.3 is 5.32 Å². The van der Waals surface area contributed by atoms with Crippen LogP contribution >= 0.6 is 15.9 Å². The fourth-order valence-electron chi connectivity index (χ4n) is 1.59. The van der Waals surface area contributed by atoms with Gasteiger partial charge in [0.1, 0.15) is 10.7 Å². The first-order chi connectivity index (χ1) is 10.0. The van der Waals surface area contributed by atoms with Crippen LogP contribution in [0.15, 0.2) is 41.1 Å². The minimum atomic E-state index is -0.607. The molecule has 2 rings (SSSR count). The first-order valence-corrected chi connectivity index (χ1v) is 6.42. The van der Waals surface area contributed by atoms with Crippen LogP contribution in [0.2, 0.25) is 0 Å². The van der Waals surface area contributed by atoms with E-state index >= 15 is 0 Å². The van der Waals surface area contributed by atoms with Gasteiger partial charge in [-0.2, -0.15) is 5.26 Å². The standard InChI is InChI=1S/C13H7BrN4O3/c14-12-10(2-1-5-16-12)13(19)17-11-4-3-9(18(20)21)6-8(11)7-15/h1-6H,(H,17,19). The molecule has 0 aliphatic carbocycles. The number of nitrogens with one attached hydrogen (secondary N) is 1. The molecule has 0 bridgehead atoms.